The summed E-state index contributed by atoms with van der Waals surface area (Å²) < 4.78 is 6.69. The molecule has 3 saturated heterocycles. The number of hydrogen-bond acceptors (Lipinski definition) is 5. The largest absolute Gasteiger partial charge is 0.394 e. The maximum Gasteiger partial charge on any atom is 0.249 e. The van der Waals surface area contributed by atoms with Crippen LogP contribution in [0.25, 0.3) is 0 Å². The fourth-order valence-corrected chi connectivity index (χ4v) is 7.84. The maximum atomic E-state index is 14.6. The first-order chi connectivity index (χ1) is 19.2. The van der Waals surface area contributed by atoms with Crippen LogP contribution < -0.4 is 0 Å². The van der Waals surface area contributed by atoms with Crippen LogP contribution in [-0.4, -0.2) is 92.4 Å². The van der Waals surface area contributed by atoms with Gasteiger partial charge in [0.25, 0.3) is 0 Å². The Labute approximate surface area is 246 Å². The van der Waals surface area contributed by atoms with Crippen LogP contribution in [-0.2, 0) is 25.7 Å². The van der Waals surface area contributed by atoms with Gasteiger partial charge in [-0.25, -0.2) is 0 Å². The van der Waals surface area contributed by atoms with Crippen LogP contribution in [0.5, 0.6) is 0 Å². The summed E-state index contributed by atoms with van der Waals surface area (Å²) in [5.74, 6) is -2.37. The quantitative estimate of drug-likeness (QED) is 0.271. The van der Waals surface area contributed by atoms with Crippen molar-refractivity contribution in [2.75, 3.05) is 26.2 Å². The molecular formula is C31H42BrN3O5. The molecule has 2 bridgehead atoms. The first-order valence-corrected chi connectivity index (χ1v) is 15.2. The number of aliphatic hydroxyl groups is 1. The summed E-state index contributed by atoms with van der Waals surface area (Å²) in [4.78, 5) is 47.8. The zero-order valence-electron chi connectivity index (χ0n) is 23.7. The standard InChI is InChI=1S/C31H42BrN3O5/c1-6-14-33(15-7-2)28(37)24-25-29(38)35(23(19-36)20(4)5)27(31(25)17-22(32)26(24)40-31)30(39)34(16-8-3)18-21-12-10-9-11-13-21/h6,8-13,20,22-27,36H,1,3,7,14-19H2,2,4-5H3/t22?,23-,24+,25-,26+,27?,31?/m0/s1. The fourth-order valence-electron chi connectivity index (χ4n) is 6.90. The van der Waals surface area contributed by atoms with Gasteiger partial charge in [-0.1, -0.05) is 79.2 Å². The van der Waals surface area contributed by atoms with Gasteiger partial charge in [-0.05, 0) is 24.3 Å². The molecule has 0 aliphatic carbocycles. The molecule has 0 radical (unpaired) electrons. The smallest absolute Gasteiger partial charge is 0.249 e. The van der Waals surface area contributed by atoms with Crippen molar-refractivity contribution in [2.24, 2.45) is 17.8 Å². The van der Waals surface area contributed by atoms with Crippen LogP contribution >= 0.6 is 15.9 Å². The van der Waals surface area contributed by atoms with Crippen molar-refractivity contribution >= 4 is 33.7 Å². The van der Waals surface area contributed by atoms with Gasteiger partial charge in [-0.15, -0.1) is 13.2 Å². The third kappa shape index (κ3) is 5.16. The van der Waals surface area contributed by atoms with Crippen molar-refractivity contribution in [1.29, 1.82) is 0 Å². The maximum absolute atomic E-state index is 14.6. The summed E-state index contributed by atoms with van der Waals surface area (Å²) in [7, 11) is 0. The molecule has 3 aliphatic heterocycles. The van der Waals surface area contributed by atoms with E-state index < -0.39 is 35.6 Å². The Hall–Kier alpha value is -2.49. The van der Waals surface area contributed by atoms with Crippen LogP contribution in [0.4, 0.5) is 0 Å². The molecule has 0 saturated carbocycles. The minimum atomic E-state index is -1.18. The highest BCUT2D eigenvalue weighted by Gasteiger charge is 2.77. The second-order valence-corrected chi connectivity index (χ2v) is 12.6. The average Bonchev–Trinajstić information content (AvgIpc) is 3.52. The Morgan fingerprint density at radius 2 is 1.82 bits per heavy atom. The Kier molecular flexibility index (Phi) is 9.58. The van der Waals surface area contributed by atoms with Gasteiger partial charge >= 0.3 is 0 Å². The number of aliphatic hydroxyl groups excluding tert-OH is 1. The summed E-state index contributed by atoms with van der Waals surface area (Å²) in [5.41, 5.74) is -0.231. The number of benzene rings is 1. The summed E-state index contributed by atoms with van der Waals surface area (Å²) in [5, 5.41) is 10.5. The van der Waals surface area contributed by atoms with Crippen LogP contribution in [0.3, 0.4) is 0 Å². The van der Waals surface area contributed by atoms with E-state index >= 15 is 0 Å². The number of alkyl halides is 1. The van der Waals surface area contributed by atoms with Crippen molar-refractivity contribution in [3.05, 3.63) is 61.2 Å². The van der Waals surface area contributed by atoms with E-state index in [1.807, 2.05) is 51.1 Å². The predicted octanol–water partition coefficient (Wildman–Crippen LogP) is 3.39. The molecule has 3 aliphatic rings. The molecule has 7 atom stereocenters. The van der Waals surface area contributed by atoms with E-state index in [1.54, 1.807) is 26.9 Å². The molecule has 40 heavy (non-hydrogen) atoms. The van der Waals surface area contributed by atoms with E-state index in [0.717, 1.165) is 12.0 Å². The monoisotopic (exact) mass is 615 g/mol. The second kappa shape index (κ2) is 12.6. The number of fused-ring (bicyclic) bond motifs is 1. The SMILES string of the molecule is C=CCN(Cc1ccccc1)C(=O)C1N([C@@H](CO)C(C)C)C(=O)[C@@H]2[C@@H](C(=O)N(CC=C)CCC)[C@@H]3OC12CC3Br. The highest BCUT2D eigenvalue weighted by atomic mass is 79.9. The van der Waals surface area contributed by atoms with Gasteiger partial charge < -0.3 is 24.5 Å². The zero-order valence-corrected chi connectivity index (χ0v) is 25.3. The van der Waals surface area contributed by atoms with Crippen LogP contribution in [0.15, 0.2) is 55.6 Å². The van der Waals surface area contributed by atoms with E-state index in [0.29, 0.717) is 26.1 Å². The molecule has 218 valence electrons. The molecule has 1 aromatic rings. The Bertz CT molecular complexity index is 1110. The second-order valence-electron chi connectivity index (χ2n) is 11.5. The number of likely N-dealkylation sites (tertiary alicyclic amines) is 1. The number of nitrogens with zero attached hydrogens (tertiary/aromatic N) is 3. The molecule has 3 heterocycles. The average molecular weight is 617 g/mol. The lowest BCUT2D eigenvalue weighted by atomic mass is 9.70. The third-order valence-corrected chi connectivity index (χ3v) is 9.44. The minimum absolute atomic E-state index is 0.120. The highest BCUT2D eigenvalue weighted by Crippen LogP contribution is 2.61. The lowest BCUT2D eigenvalue weighted by Gasteiger charge is -2.40. The van der Waals surface area contributed by atoms with E-state index in [9.17, 15) is 19.5 Å². The normalized spacial score (nSPS) is 29.4. The first-order valence-electron chi connectivity index (χ1n) is 14.2. The summed E-state index contributed by atoms with van der Waals surface area (Å²) >= 11 is 3.75. The summed E-state index contributed by atoms with van der Waals surface area (Å²) in [6, 6.07) is 8.10. The number of carbonyl (C=O) groups is 3. The van der Waals surface area contributed by atoms with Crippen LogP contribution in [0, 0.1) is 17.8 Å². The molecule has 3 fully saturated rings. The summed E-state index contributed by atoms with van der Waals surface area (Å²) in [6.45, 7) is 14.8. The Morgan fingerprint density at radius 3 is 2.40 bits per heavy atom. The van der Waals surface area contributed by atoms with E-state index in [4.69, 9.17) is 4.74 Å². The van der Waals surface area contributed by atoms with Crippen LogP contribution in [0.1, 0.15) is 39.2 Å². The molecule has 1 N–H and O–H groups in total. The Balaban J connectivity index is 1.81. The van der Waals surface area contributed by atoms with Gasteiger partial charge in [0, 0.05) is 31.0 Å². The van der Waals surface area contributed by atoms with E-state index in [-0.39, 0.29) is 41.6 Å². The van der Waals surface area contributed by atoms with E-state index in [2.05, 4.69) is 29.1 Å². The lowest BCUT2D eigenvalue weighted by Crippen LogP contribution is -2.59. The number of halogens is 1. The van der Waals surface area contributed by atoms with Gasteiger partial charge in [0.1, 0.15) is 11.6 Å². The predicted molar refractivity (Wildman–Crippen MR) is 157 cm³/mol. The van der Waals surface area contributed by atoms with Gasteiger partial charge in [-0.3, -0.25) is 14.4 Å². The number of carbonyl (C=O) groups excluding carboxylic acids is 3. The molecule has 1 spiro atoms. The molecule has 4 rings (SSSR count). The summed E-state index contributed by atoms with van der Waals surface area (Å²) in [6.07, 6.45) is 4.02. The molecule has 3 amide bonds. The van der Waals surface area contributed by atoms with Gasteiger partial charge in [0.05, 0.1) is 30.6 Å². The molecule has 9 heteroatoms. The van der Waals surface area contributed by atoms with Crippen molar-refractivity contribution in [1.82, 2.24) is 14.7 Å². The van der Waals surface area contributed by atoms with Gasteiger partial charge in [0.2, 0.25) is 17.7 Å². The van der Waals surface area contributed by atoms with Crippen molar-refractivity contribution in [3.8, 4) is 0 Å². The highest BCUT2D eigenvalue weighted by molar-refractivity contribution is 9.09. The van der Waals surface area contributed by atoms with Crippen molar-refractivity contribution in [2.45, 2.75) is 68.8 Å². The van der Waals surface area contributed by atoms with Crippen molar-refractivity contribution < 1.29 is 24.2 Å². The number of rotatable bonds is 13. The third-order valence-electron chi connectivity index (χ3n) is 8.59. The first kappa shape index (κ1) is 30.5. The van der Waals surface area contributed by atoms with E-state index in [1.165, 1.54) is 0 Å². The Morgan fingerprint density at radius 1 is 1.18 bits per heavy atom. The number of hydrogen-bond donors (Lipinski definition) is 1. The zero-order chi connectivity index (χ0) is 29.2. The van der Waals surface area contributed by atoms with Gasteiger partial charge in [0.15, 0.2) is 0 Å². The molecule has 1 aromatic carbocycles. The molecular weight excluding hydrogens is 574 g/mol. The number of amides is 3. The molecule has 0 aromatic heterocycles. The fraction of sp³-hybridized carbons (Fsp3) is 0.581. The number of ether oxygens (including phenoxy) is 1. The lowest BCUT2D eigenvalue weighted by molar-refractivity contribution is -0.153. The van der Waals surface area contributed by atoms with Crippen LogP contribution in [0.2, 0.25) is 0 Å². The van der Waals surface area contributed by atoms with Crippen molar-refractivity contribution in [3.63, 3.8) is 0 Å². The van der Waals surface area contributed by atoms with Gasteiger partial charge in [-0.2, -0.15) is 0 Å². The molecule has 8 nitrogen and oxygen atoms in total. The molecule has 3 unspecified atom stereocenters. The topological polar surface area (TPSA) is 90.4 Å². The minimum Gasteiger partial charge on any atom is -0.394 e.